The van der Waals surface area contributed by atoms with E-state index in [1.165, 1.54) is 0 Å². The Morgan fingerprint density at radius 2 is 2.00 bits per heavy atom. The molecule has 140 valence electrons. The summed E-state index contributed by atoms with van der Waals surface area (Å²) in [6.45, 7) is 5.49. The van der Waals surface area contributed by atoms with Crippen LogP contribution in [-0.4, -0.2) is 30.8 Å². The Balaban J connectivity index is 1.90. The maximum absolute atomic E-state index is 13.2. The van der Waals surface area contributed by atoms with E-state index in [1.807, 2.05) is 31.2 Å². The molecule has 3 rings (SSSR count). The van der Waals surface area contributed by atoms with Gasteiger partial charge in [0.1, 0.15) is 5.82 Å². The molecule has 1 aromatic heterocycles. The van der Waals surface area contributed by atoms with Gasteiger partial charge in [-0.3, -0.25) is 0 Å². The summed E-state index contributed by atoms with van der Waals surface area (Å²) in [6, 6.07) is 10.8. The van der Waals surface area contributed by atoms with Crippen LogP contribution in [0.4, 0.5) is 5.82 Å². The largest absolute Gasteiger partial charge is 0.370 e. The third-order valence-corrected chi connectivity index (χ3v) is 6.77. The quantitative estimate of drug-likeness (QED) is 0.741. The molecule has 1 atom stereocenters. The first kappa shape index (κ1) is 18.9. The van der Waals surface area contributed by atoms with Gasteiger partial charge in [0, 0.05) is 24.8 Å². The number of nitrogens with one attached hydrogen (secondary N) is 1. The van der Waals surface area contributed by atoms with Gasteiger partial charge < -0.3 is 5.32 Å². The van der Waals surface area contributed by atoms with Crippen molar-refractivity contribution in [1.82, 2.24) is 9.29 Å². The zero-order valence-corrected chi connectivity index (χ0v) is 16.3. The molecule has 0 unspecified atom stereocenters. The van der Waals surface area contributed by atoms with E-state index in [0.29, 0.717) is 11.4 Å². The maximum Gasteiger partial charge on any atom is 0.243 e. The summed E-state index contributed by atoms with van der Waals surface area (Å²) in [5, 5.41) is 3.38. The van der Waals surface area contributed by atoms with Crippen molar-refractivity contribution in [3.05, 3.63) is 53.7 Å². The van der Waals surface area contributed by atoms with Crippen molar-refractivity contribution in [3.8, 4) is 0 Å². The van der Waals surface area contributed by atoms with Crippen molar-refractivity contribution in [1.29, 1.82) is 0 Å². The lowest BCUT2D eigenvalue weighted by Gasteiger charge is -2.26. The van der Waals surface area contributed by atoms with Crippen LogP contribution >= 0.6 is 0 Å². The molecule has 6 heteroatoms. The van der Waals surface area contributed by atoms with Crippen LogP contribution in [0.15, 0.2) is 47.5 Å². The number of pyridine rings is 1. The SMILES string of the molecule is CCCCNc1ncccc1[C@H]1CCCN1S(=O)(=O)c1ccc(C)cc1. The number of aromatic nitrogens is 1. The highest BCUT2D eigenvalue weighted by Gasteiger charge is 2.37. The number of aryl methyl sites for hydroxylation is 1. The molecule has 0 aliphatic carbocycles. The molecule has 5 nitrogen and oxygen atoms in total. The van der Waals surface area contributed by atoms with E-state index in [1.54, 1.807) is 22.6 Å². The van der Waals surface area contributed by atoms with Gasteiger partial charge in [-0.2, -0.15) is 4.31 Å². The van der Waals surface area contributed by atoms with Crippen LogP contribution in [-0.2, 0) is 10.0 Å². The summed E-state index contributed by atoms with van der Waals surface area (Å²) in [5.74, 6) is 0.803. The first-order valence-corrected chi connectivity index (χ1v) is 10.8. The number of hydrogen-bond acceptors (Lipinski definition) is 4. The van der Waals surface area contributed by atoms with E-state index < -0.39 is 10.0 Å². The van der Waals surface area contributed by atoms with Gasteiger partial charge in [-0.1, -0.05) is 37.1 Å². The minimum Gasteiger partial charge on any atom is -0.370 e. The predicted octanol–water partition coefficient (Wildman–Crippen LogP) is 4.13. The molecule has 0 bridgehead atoms. The Morgan fingerprint density at radius 3 is 2.73 bits per heavy atom. The number of anilines is 1. The summed E-state index contributed by atoms with van der Waals surface area (Å²) in [7, 11) is -3.52. The third kappa shape index (κ3) is 3.91. The lowest BCUT2D eigenvalue weighted by atomic mass is 10.1. The molecule has 0 spiro atoms. The topological polar surface area (TPSA) is 62.3 Å². The smallest absolute Gasteiger partial charge is 0.243 e. The molecule has 0 saturated carbocycles. The molecule has 1 saturated heterocycles. The minimum absolute atomic E-state index is 0.167. The maximum atomic E-state index is 13.2. The number of rotatable bonds is 7. The van der Waals surface area contributed by atoms with Gasteiger partial charge in [0.25, 0.3) is 0 Å². The van der Waals surface area contributed by atoms with Gasteiger partial charge in [-0.05, 0) is 44.4 Å². The lowest BCUT2D eigenvalue weighted by Crippen LogP contribution is -2.31. The fourth-order valence-corrected chi connectivity index (χ4v) is 5.08. The summed E-state index contributed by atoms with van der Waals surface area (Å²) in [5.41, 5.74) is 2.02. The normalized spacial score (nSPS) is 18.2. The Morgan fingerprint density at radius 1 is 1.23 bits per heavy atom. The Labute approximate surface area is 156 Å². The predicted molar refractivity (Wildman–Crippen MR) is 105 cm³/mol. The van der Waals surface area contributed by atoms with Crippen LogP contribution in [0.2, 0.25) is 0 Å². The highest BCUT2D eigenvalue weighted by atomic mass is 32.2. The van der Waals surface area contributed by atoms with Gasteiger partial charge in [0.15, 0.2) is 0 Å². The Kier molecular flexibility index (Phi) is 5.94. The Bertz CT molecular complexity index is 834. The molecule has 1 fully saturated rings. The third-order valence-electron chi connectivity index (χ3n) is 4.85. The zero-order chi connectivity index (χ0) is 18.6. The zero-order valence-electron chi connectivity index (χ0n) is 15.5. The van der Waals surface area contributed by atoms with Crippen LogP contribution in [0.25, 0.3) is 0 Å². The highest BCUT2D eigenvalue weighted by Crippen LogP contribution is 2.38. The summed E-state index contributed by atoms with van der Waals surface area (Å²) in [4.78, 5) is 4.82. The van der Waals surface area contributed by atoms with Crippen molar-refractivity contribution >= 4 is 15.8 Å². The van der Waals surface area contributed by atoms with E-state index in [9.17, 15) is 8.42 Å². The number of hydrogen-bond donors (Lipinski definition) is 1. The van der Waals surface area contributed by atoms with Crippen molar-refractivity contribution < 1.29 is 8.42 Å². The fourth-order valence-electron chi connectivity index (χ4n) is 3.40. The second-order valence-corrected chi connectivity index (χ2v) is 8.70. The van der Waals surface area contributed by atoms with Crippen LogP contribution in [0.5, 0.6) is 0 Å². The van der Waals surface area contributed by atoms with E-state index >= 15 is 0 Å². The number of benzene rings is 1. The second kappa shape index (κ2) is 8.18. The molecular formula is C20H27N3O2S. The number of nitrogens with zero attached hydrogens (tertiary/aromatic N) is 2. The van der Waals surface area contributed by atoms with Gasteiger partial charge in [-0.15, -0.1) is 0 Å². The van der Waals surface area contributed by atoms with Gasteiger partial charge in [0.2, 0.25) is 10.0 Å². The summed E-state index contributed by atoms with van der Waals surface area (Å²) >= 11 is 0. The minimum atomic E-state index is -3.52. The molecular weight excluding hydrogens is 346 g/mol. The monoisotopic (exact) mass is 373 g/mol. The van der Waals surface area contributed by atoms with E-state index in [0.717, 1.165) is 49.2 Å². The standard InChI is InChI=1S/C20H27N3O2S/c1-3-4-13-21-20-18(7-5-14-22-20)19-8-6-15-23(19)26(24,25)17-11-9-16(2)10-12-17/h5,7,9-12,14,19H,3-4,6,8,13,15H2,1-2H3,(H,21,22)/t19-/m1/s1. The van der Waals surface area contributed by atoms with Crippen LogP contribution in [0, 0.1) is 6.92 Å². The van der Waals surface area contributed by atoms with Crippen LogP contribution in [0.3, 0.4) is 0 Å². The molecule has 1 aromatic carbocycles. The molecule has 2 aromatic rings. The van der Waals surface area contributed by atoms with Crippen LogP contribution in [0.1, 0.15) is 49.8 Å². The van der Waals surface area contributed by atoms with Crippen molar-refractivity contribution in [3.63, 3.8) is 0 Å². The van der Waals surface area contributed by atoms with Crippen molar-refractivity contribution in [2.75, 3.05) is 18.4 Å². The average Bonchev–Trinajstić information content (AvgIpc) is 3.13. The van der Waals surface area contributed by atoms with Crippen LogP contribution < -0.4 is 5.32 Å². The molecule has 1 aliphatic rings. The van der Waals surface area contributed by atoms with E-state index in [-0.39, 0.29) is 6.04 Å². The summed E-state index contributed by atoms with van der Waals surface area (Å²) in [6.07, 6.45) is 5.60. The first-order chi connectivity index (χ1) is 12.5. The molecule has 1 N–H and O–H groups in total. The number of sulfonamides is 1. The second-order valence-electron chi connectivity index (χ2n) is 6.81. The fraction of sp³-hybridized carbons (Fsp3) is 0.450. The molecule has 0 radical (unpaired) electrons. The van der Waals surface area contributed by atoms with E-state index in [4.69, 9.17) is 0 Å². The highest BCUT2D eigenvalue weighted by molar-refractivity contribution is 7.89. The van der Waals surface area contributed by atoms with Crippen molar-refractivity contribution in [2.45, 2.75) is 50.5 Å². The lowest BCUT2D eigenvalue weighted by molar-refractivity contribution is 0.397. The molecule has 1 aliphatic heterocycles. The molecule has 2 heterocycles. The van der Waals surface area contributed by atoms with Gasteiger partial charge in [0.05, 0.1) is 10.9 Å². The first-order valence-electron chi connectivity index (χ1n) is 9.31. The molecule has 26 heavy (non-hydrogen) atoms. The van der Waals surface area contributed by atoms with Gasteiger partial charge >= 0.3 is 0 Å². The average molecular weight is 374 g/mol. The van der Waals surface area contributed by atoms with Gasteiger partial charge in [-0.25, -0.2) is 13.4 Å². The number of unbranched alkanes of at least 4 members (excludes halogenated alkanes) is 1. The van der Waals surface area contributed by atoms with Crippen molar-refractivity contribution in [2.24, 2.45) is 0 Å². The Hall–Kier alpha value is -1.92. The molecule has 0 amide bonds. The van der Waals surface area contributed by atoms with E-state index in [2.05, 4.69) is 17.2 Å². The summed E-state index contributed by atoms with van der Waals surface area (Å²) < 4.78 is 28.0.